The van der Waals surface area contributed by atoms with Gasteiger partial charge in [0.2, 0.25) is 0 Å². The van der Waals surface area contributed by atoms with Crippen LogP contribution >= 0.6 is 11.8 Å². The second-order valence-electron chi connectivity index (χ2n) is 14.5. The van der Waals surface area contributed by atoms with Crippen LogP contribution in [0, 0.1) is 0 Å². The zero-order valence-electron chi connectivity index (χ0n) is 27.7. The lowest BCUT2D eigenvalue weighted by Crippen LogP contribution is -2.46. The van der Waals surface area contributed by atoms with Gasteiger partial charge in [-0.15, -0.1) is 0 Å². The fourth-order valence-electron chi connectivity index (χ4n) is 9.29. The Morgan fingerprint density at radius 1 is 0.440 bits per heavy atom. The van der Waals surface area contributed by atoms with E-state index in [0.717, 1.165) is 11.1 Å². The lowest BCUT2D eigenvalue weighted by atomic mass is 9.50. The van der Waals surface area contributed by atoms with Crippen LogP contribution in [0.15, 0.2) is 149 Å². The van der Waals surface area contributed by atoms with E-state index in [9.17, 15) is 9.59 Å². The molecule has 2 bridgehead atoms. The van der Waals surface area contributed by atoms with Gasteiger partial charge in [-0.05, 0) is 120 Å². The number of benzene rings is 6. The molecular formula is C46H35NO2S. The summed E-state index contributed by atoms with van der Waals surface area (Å²) in [6.07, 6.45) is 7.24. The summed E-state index contributed by atoms with van der Waals surface area (Å²) in [6, 6.07) is 48.8. The molecule has 1 aliphatic heterocycles. The second kappa shape index (κ2) is 11.2. The Balaban J connectivity index is 0.879. The van der Waals surface area contributed by atoms with E-state index in [-0.39, 0.29) is 22.4 Å². The molecule has 0 amide bonds. The minimum atomic E-state index is -0.0736. The normalized spacial score (nSPS) is 21.6. The quantitative estimate of drug-likeness (QED) is 0.187. The number of anilines is 3. The minimum absolute atomic E-state index is 0.0728. The molecule has 5 aliphatic rings. The summed E-state index contributed by atoms with van der Waals surface area (Å²) < 4.78 is 0. The molecule has 6 aromatic carbocycles. The van der Waals surface area contributed by atoms with Crippen LogP contribution in [0.1, 0.15) is 81.5 Å². The summed E-state index contributed by atoms with van der Waals surface area (Å²) in [4.78, 5) is 31.4. The molecule has 0 unspecified atom stereocenters. The zero-order valence-corrected chi connectivity index (χ0v) is 28.5. The monoisotopic (exact) mass is 665 g/mol. The number of hydrogen-bond acceptors (Lipinski definition) is 4. The van der Waals surface area contributed by atoms with Gasteiger partial charge >= 0.3 is 0 Å². The Morgan fingerprint density at radius 2 is 0.880 bits per heavy atom. The molecule has 3 saturated carbocycles. The van der Waals surface area contributed by atoms with Crippen molar-refractivity contribution in [3.63, 3.8) is 0 Å². The van der Waals surface area contributed by atoms with Crippen LogP contribution in [-0.2, 0) is 10.8 Å². The van der Waals surface area contributed by atoms with E-state index in [4.69, 9.17) is 0 Å². The van der Waals surface area contributed by atoms with Crippen molar-refractivity contribution in [1.29, 1.82) is 0 Å². The second-order valence-corrected chi connectivity index (χ2v) is 15.6. The maximum atomic E-state index is 13.3. The predicted octanol–water partition coefficient (Wildman–Crippen LogP) is 11.6. The van der Waals surface area contributed by atoms with E-state index < -0.39 is 0 Å². The molecule has 0 aromatic heterocycles. The standard InChI is InChI=1S/C46H35NO2S/c48-43-35-7-1-2-8-36(35)44(49)38-29-31(15-22-37(38)43)30-13-16-32(17-14-30)45-23-26-46(27-24-45,28-25-45)33-18-20-34(21-19-33)47-39-9-3-5-11-41(39)50-42-12-6-4-10-40(42)47/h1-22,29H,23-28H2. The van der Waals surface area contributed by atoms with Gasteiger partial charge in [0.1, 0.15) is 0 Å². The summed E-state index contributed by atoms with van der Waals surface area (Å²) in [5.74, 6) is -0.146. The summed E-state index contributed by atoms with van der Waals surface area (Å²) >= 11 is 1.85. The van der Waals surface area contributed by atoms with Crippen LogP contribution in [0.5, 0.6) is 0 Å². The van der Waals surface area contributed by atoms with Crippen molar-refractivity contribution in [3.8, 4) is 11.1 Å². The number of para-hydroxylation sites is 2. The summed E-state index contributed by atoms with van der Waals surface area (Å²) in [5.41, 5.74) is 11.1. The topological polar surface area (TPSA) is 37.4 Å². The molecule has 4 aliphatic carbocycles. The molecular weight excluding hydrogens is 631 g/mol. The number of hydrogen-bond donors (Lipinski definition) is 0. The number of ketones is 2. The maximum Gasteiger partial charge on any atom is 0.194 e. The zero-order chi connectivity index (χ0) is 33.5. The SMILES string of the molecule is O=C1c2ccccc2C(=O)c2cc(-c3ccc(C45CCC(c6ccc(N7c8ccccc8Sc8ccccc87)cc6)(CC4)CC5)cc3)ccc21. The first kappa shape index (κ1) is 29.7. The van der Waals surface area contributed by atoms with Crippen molar-refractivity contribution >= 4 is 40.4 Å². The Labute approximate surface area is 297 Å². The van der Waals surface area contributed by atoms with Crippen LogP contribution in [0.4, 0.5) is 17.1 Å². The van der Waals surface area contributed by atoms with Gasteiger partial charge in [0.05, 0.1) is 11.4 Å². The smallest absolute Gasteiger partial charge is 0.194 e. The van der Waals surface area contributed by atoms with Gasteiger partial charge in [0.25, 0.3) is 0 Å². The third kappa shape index (κ3) is 4.44. The number of fused-ring (bicyclic) bond motifs is 7. The van der Waals surface area contributed by atoms with E-state index in [2.05, 4.69) is 102 Å². The number of carbonyl (C=O) groups excluding carboxylic acids is 2. The van der Waals surface area contributed by atoms with Gasteiger partial charge in [-0.2, -0.15) is 0 Å². The van der Waals surface area contributed by atoms with Crippen LogP contribution in [0.2, 0.25) is 0 Å². The van der Waals surface area contributed by atoms with Gasteiger partial charge in [-0.25, -0.2) is 0 Å². The molecule has 6 aromatic rings. The Morgan fingerprint density at radius 3 is 1.44 bits per heavy atom. The Kier molecular flexibility index (Phi) is 6.63. The first-order chi connectivity index (χ1) is 24.5. The molecule has 0 radical (unpaired) electrons. The average molecular weight is 666 g/mol. The van der Waals surface area contributed by atoms with Gasteiger partial charge < -0.3 is 4.90 Å². The first-order valence-corrected chi connectivity index (χ1v) is 18.5. The molecule has 242 valence electrons. The van der Waals surface area contributed by atoms with E-state index >= 15 is 0 Å². The summed E-state index contributed by atoms with van der Waals surface area (Å²) in [7, 11) is 0. The molecule has 1 heterocycles. The molecule has 3 nitrogen and oxygen atoms in total. The minimum Gasteiger partial charge on any atom is -0.308 e. The van der Waals surface area contributed by atoms with E-state index in [1.165, 1.54) is 76.5 Å². The molecule has 0 N–H and O–H groups in total. The van der Waals surface area contributed by atoms with Gasteiger partial charge in [-0.3, -0.25) is 9.59 Å². The van der Waals surface area contributed by atoms with E-state index in [0.29, 0.717) is 22.3 Å². The number of nitrogens with zero attached hydrogens (tertiary/aromatic N) is 1. The number of rotatable bonds is 4. The van der Waals surface area contributed by atoms with Crippen molar-refractivity contribution in [2.75, 3.05) is 4.90 Å². The third-order valence-corrected chi connectivity index (χ3v) is 13.3. The third-order valence-electron chi connectivity index (χ3n) is 12.2. The fourth-order valence-corrected chi connectivity index (χ4v) is 10.4. The predicted molar refractivity (Wildman–Crippen MR) is 201 cm³/mol. The molecule has 50 heavy (non-hydrogen) atoms. The molecule has 3 fully saturated rings. The van der Waals surface area contributed by atoms with Crippen molar-refractivity contribution in [3.05, 3.63) is 173 Å². The largest absolute Gasteiger partial charge is 0.308 e. The lowest BCUT2D eigenvalue weighted by molar-refractivity contribution is 0.0979. The first-order valence-electron chi connectivity index (χ1n) is 17.7. The Bertz CT molecular complexity index is 2290. The molecule has 0 atom stereocenters. The molecule has 0 spiro atoms. The highest BCUT2D eigenvalue weighted by molar-refractivity contribution is 7.99. The van der Waals surface area contributed by atoms with Crippen molar-refractivity contribution < 1.29 is 9.59 Å². The molecule has 4 heteroatoms. The molecule has 0 saturated heterocycles. The fraction of sp³-hybridized carbons (Fsp3) is 0.174. The van der Waals surface area contributed by atoms with Crippen molar-refractivity contribution in [2.24, 2.45) is 0 Å². The average Bonchev–Trinajstić information content (AvgIpc) is 3.19. The van der Waals surface area contributed by atoms with Crippen LogP contribution in [0.25, 0.3) is 11.1 Å². The van der Waals surface area contributed by atoms with Crippen molar-refractivity contribution in [2.45, 2.75) is 59.1 Å². The highest BCUT2D eigenvalue weighted by Gasteiger charge is 2.50. The van der Waals surface area contributed by atoms with E-state index in [1.54, 1.807) is 12.1 Å². The van der Waals surface area contributed by atoms with Crippen LogP contribution in [0.3, 0.4) is 0 Å². The highest BCUT2D eigenvalue weighted by Crippen LogP contribution is 2.59. The number of carbonyl (C=O) groups is 2. The maximum absolute atomic E-state index is 13.3. The Hall–Kier alpha value is -5.19. The van der Waals surface area contributed by atoms with Gasteiger partial charge in [0, 0.05) is 37.7 Å². The summed E-state index contributed by atoms with van der Waals surface area (Å²) in [5, 5.41) is 0. The van der Waals surface area contributed by atoms with Gasteiger partial charge in [-0.1, -0.05) is 103 Å². The van der Waals surface area contributed by atoms with E-state index in [1.807, 2.05) is 42.1 Å². The van der Waals surface area contributed by atoms with Crippen LogP contribution in [-0.4, -0.2) is 11.6 Å². The molecule has 11 rings (SSSR count). The van der Waals surface area contributed by atoms with Crippen molar-refractivity contribution in [1.82, 2.24) is 0 Å². The summed E-state index contributed by atoms with van der Waals surface area (Å²) in [6.45, 7) is 0. The lowest BCUT2D eigenvalue weighted by Gasteiger charge is -2.54. The van der Waals surface area contributed by atoms with Crippen LogP contribution < -0.4 is 4.90 Å². The van der Waals surface area contributed by atoms with Gasteiger partial charge in [0.15, 0.2) is 11.6 Å². The highest BCUT2D eigenvalue weighted by atomic mass is 32.2.